The summed E-state index contributed by atoms with van der Waals surface area (Å²) in [5.41, 5.74) is 1.38. The quantitative estimate of drug-likeness (QED) is 0.902. The third-order valence-corrected chi connectivity index (χ3v) is 3.71. The minimum Gasteiger partial charge on any atom is -0.303 e. The van der Waals surface area contributed by atoms with Gasteiger partial charge in [-0.3, -0.25) is 0 Å². The first kappa shape index (κ1) is 12.2. The molecule has 2 heterocycles. The highest BCUT2D eigenvalue weighted by Gasteiger charge is 2.10. The van der Waals surface area contributed by atoms with Gasteiger partial charge in [-0.1, -0.05) is 0 Å². The molecule has 0 aliphatic rings. The normalized spacial score (nSPS) is 12.6. The molecule has 0 saturated carbocycles. The molecule has 17 heavy (non-hydrogen) atoms. The Kier molecular flexibility index (Phi) is 3.86. The monoisotopic (exact) mass is 247 g/mol. The molecule has 0 spiro atoms. The lowest BCUT2D eigenvalue weighted by Gasteiger charge is -2.12. The van der Waals surface area contributed by atoms with E-state index in [1.54, 1.807) is 12.4 Å². The van der Waals surface area contributed by atoms with Crippen LogP contribution in [0, 0.1) is 13.8 Å². The van der Waals surface area contributed by atoms with E-state index in [4.69, 9.17) is 0 Å². The minimum absolute atomic E-state index is 0.337. The molecule has 2 aromatic heterocycles. The molecule has 2 rings (SSSR count). The number of thiophene rings is 1. The molecule has 0 amide bonds. The van der Waals surface area contributed by atoms with Crippen molar-refractivity contribution < 1.29 is 0 Å². The van der Waals surface area contributed by atoms with E-state index in [1.807, 2.05) is 17.4 Å². The Morgan fingerprint density at radius 2 is 2.00 bits per heavy atom. The Bertz CT molecular complexity index is 479. The van der Waals surface area contributed by atoms with E-state index in [0.717, 1.165) is 5.82 Å². The number of rotatable bonds is 4. The maximum Gasteiger partial charge on any atom is 0.141 e. The maximum absolute atomic E-state index is 4.20. The summed E-state index contributed by atoms with van der Waals surface area (Å²) >= 11 is 1.85. The van der Waals surface area contributed by atoms with Crippen LogP contribution in [0.25, 0.3) is 0 Å². The lowest BCUT2D eigenvalue weighted by atomic mass is 10.1. The van der Waals surface area contributed by atoms with Crippen LogP contribution < -0.4 is 5.32 Å². The van der Waals surface area contributed by atoms with E-state index in [2.05, 4.69) is 42.1 Å². The van der Waals surface area contributed by atoms with Gasteiger partial charge >= 0.3 is 0 Å². The van der Waals surface area contributed by atoms with Gasteiger partial charge in [0.05, 0.1) is 6.54 Å². The summed E-state index contributed by atoms with van der Waals surface area (Å²) in [6, 6.07) is 4.42. The lowest BCUT2D eigenvalue weighted by Crippen LogP contribution is -2.19. The van der Waals surface area contributed by atoms with Crippen molar-refractivity contribution in [1.29, 1.82) is 0 Å². The van der Waals surface area contributed by atoms with Crippen molar-refractivity contribution in [2.45, 2.75) is 33.4 Å². The van der Waals surface area contributed by atoms with E-state index in [0.29, 0.717) is 12.6 Å². The molecule has 0 aliphatic heterocycles. The number of aryl methyl sites for hydroxylation is 2. The number of nitrogens with one attached hydrogen (secondary N) is 1. The fraction of sp³-hybridized carbons (Fsp3) is 0.385. The molecule has 4 heteroatoms. The van der Waals surface area contributed by atoms with Gasteiger partial charge in [-0.2, -0.15) is 0 Å². The molecule has 0 fully saturated rings. The molecular formula is C13H17N3S. The first-order chi connectivity index (χ1) is 8.16. The number of hydrogen-bond acceptors (Lipinski definition) is 4. The first-order valence-corrected chi connectivity index (χ1v) is 6.54. The zero-order chi connectivity index (χ0) is 12.3. The molecule has 90 valence electrons. The first-order valence-electron chi connectivity index (χ1n) is 5.73. The summed E-state index contributed by atoms with van der Waals surface area (Å²) < 4.78 is 0. The van der Waals surface area contributed by atoms with Crippen molar-refractivity contribution in [3.63, 3.8) is 0 Å². The van der Waals surface area contributed by atoms with Gasteiger partial charge in [-0.25, -0.2) is 9.97 Å². The van der Waals surface area contributed by atoms with Gasteiger partial charge in [0.1, 0.15) is 5.82 Å². The van der Waals surface area contributed by atoms with Crippen LogP contribution in [0.5, 0.6) is 0 Å². The van der Waals surface area contributed by atoms with E-state index in [9.17, 15) is 0 Å². The van der Waals surface area contributed by atoms with E-state index in [-0.39, 0.29) is 0 Å². The third-order valence-electron chi connectivity index (χ3n) is 2.73. The van der Waals surface area contributed by atoms with Gasteiger partial charge < -0.3 is 5.32 Å². The highest BCUT2D eigenvalue weighted by atomic mass is 32.1. The van der Waals surface area contributed by atoms with E-state index >= 15 is 0 Å². The predicted octanol–water partition coefficient (Wildman–Crippen LogP) is 3.01. The van der Waals surface area contributed by atoms with Crippen molar-refractivity contribution in [2.24, 2.45) is 0 Å². The van der Waals surface area contributed by atoms with E-state index < -0.39 is 0 Å². The van der Waals surface area contributed by atoms with Crippen LogP contribution in [0.1, 0.15) is 34.1 Å². The summed E-state index contributed by atoms with van der Waals surface area (Å²) in [4.78, 5) is 11.2. The maximum atomic E-state index is 4.20. The third kappa shape index (κ3) is 3.11. The van der Waals surface area contributed by atoms with Crippen molar-refractivity contribution in [2.75, 3.05) is 0 Å². The van der Waals surface area contributed by atoms with E-state index in [1.165, 1.54) is 15.3 Å². The van der Waals surface area contributed by atoms with Crippen LogP contribution in [-0.2, 0) is 6.54 Å². The smallest absolute Gasteiger partial charge is 0.141 e. The number of hydrogen-bond donors (Lipinski definition) is 1. The molecule has 2 aromatic rings. The minimum atomic E-state index is 0.337. The Balaban J connectivity index is 1.98. The lowest BCUT2D eigenvalue weighted by molar-refractivity contribution is 0.558. The molecule has 0 radical (unpaired) electrons. The standard InChI is InChI=1S/C13H17N3S/c1-9-7-12(11(3)17-9)10(2)16-8-13-14-5-4-6-15-13/h4-7,10,16H,8H2,1-3H3. The van der Waals surface area contributed by atoms with Gasteiger partial charge in [-0.15, -0.1) is 11.3 Å². The van der Waals surface area contributed by atoms with Crippen LogP contribution in [0.2, 0.25) is 0 Å². The zero-order valence-corrected chi connectivity index (χ0v) is 11.2. The number of aromatic nitrogens is 2. The summed E-state index contributed by atoms with van der Waals surface area (Å²) in [5, 5.41) is 3.45. The fourth-order valence-corrected chi connectivity index (χ4v) is 2.88. The zero-order valence-electron chi connectivity index (χ0n) is 10.4. The second-order valence-corrected chi connectivity index (χ2v) is 5.60. The van der Waals surface area contributed by atoms with Crippen LogP contribution in [-0.4, -0.2) is 9.97 Å². The second kappa shape index (κ2) is 5.38. The van der Waals surface area contributed by atoms with Gasteiger partial charge in [0.15, 0.2) is 0 Å². The van der Waals surface area contributed by atoms with Crippen molar-refractivity contribution in [3.05, 3.63) is 45.7 Å². The highest BCUT2D eigenvalue weighted by molar-refractivity contribution is 7.12. The predicted molar refractivity (Wildman–Crippen MR) is 71.1 cm³/mol. The van der Waals surface area contributed by atoms with Crippen LogP contribution in [0.4, 0.5) is 0 Å². The Morgan fingerprint density at radius 3 is 2.59 bits per heavy atom. The molecule has 1 unspecified atom stereocenters. The molecule has 0 saturated heterocycles. The summed E-state index contributed by atoms with van der Waals surface area (Å²) in [6.45, 7) is 7.20. The molecule has 0 bridgehead atoms. The summed E-state index contributed by atoms with van der Waals surface area (Å²) in [5.74, 6) is 0.837. The topological polar surface area (TPSA) is 37.8 Å². The Morgan fingerprint density at radius 1 is 1.29 bits per heavy atom. The van der Waals surface area contributed by atoms with Crippen molar-refractivity contribution in [3.8, 4) is 0 Å². The fourth-order valence-electron chi connectivity index (χ4n) is 1.86. The van der Waals surface area contributed by atoms with Crippen molar-refractivity contribution in [1.82, 2.24) is 15.3 Å². The molecule has 1 atom stereocenters. The van der Waals surface area contributed by atoms with Crippen molar-refractivity contribution >= 4 is 11.3 Å². The van der Waals surface area contributed by atoms with Gasteiger partial charge in [0, 0.05) is 28.2 Å². The molecule has 0 aromatic carbocycles. The average Bonchev–Trinajstić information content (AvgIpc) is 2.67. The molecular weight excluding hydrogens is 230 g/mol. The van der Waals surface area contributed by atoms with Crippen LogP contribution in [0.3, 0.4) is 0 Å². The van der Waals surface area contributed by atoms with Gasteiger partial charge in [-0.05, 0) is 38.5 Å². The molecule has 1 N–H and O–H groups in total. The number of nitrogens with zero attached hydrogens (tertiary/aromatic N) is 2. The molecule has 3 nitrogen and oxygen atoms in total. The largest absolute Gasteiger partial charge is 0.303 e. The Labute approximate surface area is 106 Å². The van der Waals surface area contributed by atoms with Gasteiger partial charge in [0.25, 0.3) is 0 Å². The summed E-state index contributed by atoms with van der Waals surface area (Å²) in [7, 11) is 0. The van der Waals surface area contributed by atoms with Crippen LogP contribution in [0.15, 0.2) is 24.5 Å². The summed E-state index contributed by atoms with van der Waals surface area (Å²) in [6.07, 6.45) is 3.54. The Hall–Kier alpha value is -1.26. The van der Waals surface area contributed by atoms with Crippen LogP contribution >= 0.6 is 11.3 Å². The average molecular weight is 247 g/mol. The second-order valence-electron chi connectivity index (χ2n) is 4.14. The SMILES string of the molecule is Cc1cc(C(C)NCc2ncccn2)c(C)s1. The van der Waals surface area contributed by atoms with Gasteiger partial charge in [0.2, 0.25) is 0 Å². The highest BCUT2D eigenvalue weighted by Crippen LogP contribution is 2.26. The molecule has 0 aliphatic carbocycles.